The van der Waals surface area contributed by atoms with Gasteiger partial charge in [0.25, 0.3) is 0 Å². The molecule has 116 valence electrons. The van der Waals surface area contributed by atoms with Crippen molar-refractivity contribution < 1.29 is 4.74 Å². The molecule has 0 radical (unpaired) electrons. The molecular weight excluding hydrogens is 276 g/mol. The predicted octanol–water partition coefficient (Wildman–Crippen LogP) is 2.35. The van der Waals surface area contributed by atoms with Crippen LogP contribution in [0, 0.1) is 0 Å². The molecule has 0 saturated carbocycles. The zero-order chi connectivity index (χ0) is 15.6. The molecule has 1 aromatic heterocycles. The molecule has 0 unspecified atom stereocenters. The normalized spacial score (nSPS) is 11.1. The van der Waals surface area contributed by atoms with Crippen LogP contribution in [0.2, 0.25) is 0 Å². The molecule has 0 aliphatic rings. The van der Waals surface area contributed by atoms with E-state index in [-0.39, 0.29) is 0 Å². The summed E-state index contributed by atoms with van der Waals surface area (Å²) in [7, 11) is 1.67. The molecule has 0 aliphatic carbocycles. The minimum absolute atomic E-state index is 0.592. The molecule has 22 heavy (non-hydrogen) atoms. The van der Waals surface area contributed by atoms with Gasteiger partial charge in [0.15, 0.2) is 5.96 Å². The highest BCUT2D eigenvalue weighted by Gasteiger charge is 2.00. The van der Waals surface area contributed by atoms with Crippen molar-refractivity contribution in [3.63, 3.8) is 0 Å². The summed E-state index contributed by atoms with van der Waals surface area (Å²) in [6.07, 6.45) is 1.79. The van der Waals surface area contributed by atoms with E-state index in [4.69, 9.17) is 4.74 Å². The van der Waals surface area contributed by atoms with Crippen LogP contribution < -0.4 is 15.4 Å². The van der Waals surface area contributed by atoms with Crippen LogP contribution in [-0.2, 0) is 13.1 Å². The van der Waals surface area contributed by atoms with Crippen LogP contribution >= 0.6 is 0 Å². The standard InChI is InChI=1S/C17H22N4O/c1-3-18-17(21-13-15-8-4-5-10-19-15)20-12-14-7-6-9-16(11-14)22-2/h4-11H,3,12-13H2,1-2H3,(H2,18,20,21). The molecule has 0 bridgehead atoms. The Labute approximate surface area is 131 Å². The number of pyridine rings is 1. The third-order valence-corrected chi connectivity index (χ3v) is 3.06. The number of methoxy groups -OCH3 is 1. The Hall–Kier alpha value is -2.56. The quantitative estimate of drug-likeness (QED) is 0.635. The van der Waals surface area contributed by atoms with Crippen molar-refractivity contribution in [3.8, 4) is 5.75 Å². The van der Waals surface area contributed by atoms with Crippen LogP contribution in [0.1, 0.15) is 18.2 Å². The molecule has 0 atom stereocenters. The minimum Gasteiger partial charge on any atom is -0.497 e. The Bertz CT molecular complexity index is 599. The molecule has 0 fully saturated rings. The van der Waals surface area contributed by atoms with Crippen molar-refractivity contribution in [1.82, 2.24) is 15.6 Å². The summed E-state index contributed by atoms with van der Waals surface area (Å²) >= 11 is 0. The number of hydrogen-bond donors (Lipinski definition) is 2. The third kappa shape index (κ3) is 5.09. The van der Waals surface area contributed by atoms with Crippen LogP contribution in [0.3, 0.4) is 0 Å². The molecule has 0 aliphatic heterocycles. The number of benzene rings is 1. The zero-order valence-electron chi connectivity index (χ0n) is 13.0. The van der Waals surface area contributed by atoms with Gasteiger partial charge in [-0.05, 0) is 36.8 Å². The molecule has 5 heteroatoms. The average Bonchev–Trinajstić information content (AvgIpc) is 2.58. The summed E-state index contributed by atoms with van der Waals surface area (Å²) in [4.78, 5) is 8.88. The van der Waals surface area contributed by atoms with Gasteiger partial charge in [-0.2, -0.15) is 0 Å². The van der Waals surface area contributed by atoms with Gasteiger partial charge in [-0.1, -0.05) is 18.2 Å². The SMILES string of the molecule is CCNC(=NCc1cccc(OC)c1)NCc1ccccn1. The van der Waals surface area contributed by atoms with E-state index in [0.29, 0.717) is 13.1 Å². The lowest BCUT2D eigenvalue weighted by Crippen LogP contribution is -2.36. The second kappa shape index (κ2) is 8.67. The van der Waals surface area contributed by atoms with E-state index < -0.39 is 0 Å². The van der Waals surface area contributed by atoms with E-state index in [1.807, 2.05) is 49.4 Å². The van der Waals surface area contributed by atoms with Gasteiger partial charge in [-0.15, -0.1) is 0 Å². The number of nitrogens with zero attached hydrogens (tertiary/aromatic N) is 2. The van der Waals surface area contributed by atoms with Gasteiger partial charge in [0, 0.05) is 12.7 Å². The number of ether oxygens (including phenoxy) is 1. The van der Waals surface area contributed by atoms with Gasteiger partial charge in [0.2, 0.25) is 0 Å². The smallest absolute Gasteiger partial charge is 0.191 e. The van der Waals surface area contributed by atoms with Crippen molar-refractivity contribution in [2.75, 3.05) is 13.7 Å². The van der Waals surface area contributed by atoms with Crippen molar-refractivity contribution in [2.24, 2.45) is 4.99 Å². The first-order valence-corrected chi connectivity index (χ1v) is 7.37. The highest BCUT2D eigenvalue weighted by Crippen LogP contribution is 2.13. The Morgan fingerprint density at radius 3 is 2.82 bits per heavy atom. The zero-order valence-corrected chi connectivity index (χ0v) is 13.0. The lowest BCUT2D eigenvalue weighted by atomic mass is 10.2. The largest absolute Gasteiger partial charge is 0.497 e. The van der Waals surface area contributed by atoms with Crippen molar-refractivity contribution >= 4 is 5.96 Å². The molecule has 2 rings (SSSR count). The fraction of sp³-hybridized carbons (Fsp3) is 0.294. The number of guanidine groups is 1. The summed E-state index contributed by atoms with van der Waals surface area (Å²) < 4.78 is 5.23. The second-order valence-electron chi connectivity index (χ2n) is 4.72. The molecule has 2 aromatic rings. The van der Waals surface area contributed by atoms with E-state index in [1.165, 1.54) is 0 Å². The van der Waals surface area contributed by atoms with Crippen molar-refractivity contribution in [3.05, 3.63) is 59.9 Å². The summed E-state index contributed by atoms with van der Waals surface area (Å²) in [5.74, 6) is 1.62. The lowest BCUT2D eigenvalue weighted by Gasteiger charge is -2.11. The van der Waals surface area contributed by atoms with Gasteiger partial charge in [-0.25, -0.2) is 4.99 Å². The molecule has 1 aromatic carbocycles. The molecule has 1 heterocycles. The van der Waals surface area contributed by atoms with Crippen LogP contribution in [0.15, 0.2) is 53.7 Å². The average molecular weight is 298 g/mol. The third-order valence-electron chi connectivity index (χ3n) is 3.06. The number of rotatable bonds is 6. The topological polar surface area (TPSA) is 58.5 Å². The lowest BCUT2D eigenvalue weighted by molar-refractivity contribution is 0.414. The Morgan fingerprint density at radius 1 is 1.18 bits per heavy atom. The van der Waals surface area contributed by atoms with Gasteiger partial charge in [0.05, 0.1) is 25.9 Å². The minimum atomic E-state index is 0.592. The van der Waals surface area contributed by atoms with Crippen LogP contribution in [0.5, 0.6) is 5.75 Å². The van der Waals surface area contributed by atoms with Gasteiger partial charge < -0.3 is 15.4 Å². The Morgan fingerprint density at radius 2 is 2.09 bits per heavy atom. The number of aromatic nitrogens is 1. The van der Waals surface area contributed by atoms with Crippen molar-refractivity contribution in [1.29, 1.82) is 0 Å². The van der Waals surface area contributed by atoms with Crippen LogP contribution in [0.4, 0.5) is 0 Å². The molecule has 0 amide bonds. The highest BCUT2D eigenvalue weighted by atomic mass is 16.5. The molecular formula is C17H22N4O. The summed E-state index contributed by atoms with van der Waals surface area (Å²) in [5.41, 5.74) is 2.09. The van der Waals surface area contributed by atoms with E-state index in [1.54, 1.807) is 13.3 Å². The number of hydrogen-bond acceptors (Lipinski definition) is 3. The summed E-state index contributed by atoms with van der Waals surface area (Å²) in [6.45, 7) is 4.09. The maximum absolute atomic E-state index is 5.23. The van der Waals surface area contributed by atoms with E-state index >= 15 is 0 Å². The Kier molecular flexibility index (Phi) is 6.23. The van der Waals surface area contributed by atoms with Gasteiger partial charge in [0.1, 0.15) is 5.75 Å². The maximum Gasteiger partial charge on any atom is 0.191 e. The summed E-state index contributed by atoms with van der Waals surface area (Å²) in [6, 6.07) is 13.8. The monoisotopic (exact) mass is 298 g/mol. The fourth-order valence-corrected chi connectivity index (χ4v) is 1.96. The van der Waals surface area contributed by atoms with Gasteiger partial charge >= 0.3 is 0 Å². The molecule has 2 N–H and O–H groups in total. The first-order valence-electron chi connectivity index (χ1n) is 7.37. The second-order valence-corrected chi connectivity index (χ2v) is 4.72. The van der Waals surface area contributed by atoms with Crippen LogP contribution in [0.25, 0.3) is 0 Å². The first kappa shape index (κ1) is 15.8. The maximum atomic E-state index is 5.23. The predicted molar refractivity (Wildman–Crippen MR) is 88.9 cm³/mol. The molecule has 0 spiro atoms. The highest BCUT2D eigenvalue weighted by molar-refractivity contribution is 5.79. The number of nitrogens with one attached hydrogen (secondary N) is 2. The number of aliphatic imine (C=N–C) groups is 1. The van der Waals surface area contributed by atoms with Crippen LogP contribution in [-0.4, -0.2) is 24.6 Å². The molecule has 5 nitrogen and oxygen atoms in total. The molecule has 0 saturated heterocycles. The first-order chi connectivity index (χ1) is 10.8. The van der Waals surface area contributed by atoms with E-state index in [2.05, 4.69) is 20.6 Å². The fourth-order valence-electron chi connectivity index (χ4n) is 1.96. The van der Waals surface area contributed by atoms with Crippen molar-refractivity contribution in [2.45, 2.75) is 20.0 Å². The van der Waals surface area contributed by atoms with E-state index in [9.17, 15) is 0 Å². The van der Waals surface area contributed by atoms with Gasteiger partial charge in [-0.3, -0.25) is 4.98 Å². The van der Waals surface area contributed by atoms with E-state index in [0.717, 1.165) is 29.5 Å². The summed E-state index contributed by atoms with van der Waals surface area (Å²) in [5, 5.41) is 6.51. The Balaban J connectivity index is 1.97.